The Morgan fingerprint density at radius 3 is 2.71 bits per heavy atom. The highest BCUT2D eigenvalue weighted by atomic mass is 32.1. The predicted molar refractivity (Wildman–Crippen MR) is 76.0 cm³/mol. The molecule has 1 atom stereocenters. The molecule has 0 aromatic carbocycles. The van der Waals surface area contributed by atoms with Crippen LogP contribution in [0.5, 0.6) is 5.75 Å². The van der Waals surface area contributed by atoms with Crippen molar-refractivity contribution in [3.8, 4) is 5.75 Å². The second-order valence-corrected chi connectivity index (χ2v) is 5.74. The Hall–Kier alpha value is -0.540. The van der Waals surface area contributed by atoms with Gasteiger partial charge in [-0.2, -0.15) is 0 Å². The average molecular weight is 255 g/mol. The fourth-order valence-electron chi connectivity index (χ4n) is 2.03. The van der Waals surface area contributed by atoms with Gasteiger partial charge in [0.05, 0.1) is 12.0 Å². The van der Waals surface area contributed by atoms with Crippen LogP contribution in [-0.4, -0.2) is 13.7 Å². The molecule has 1 aromatic rings. The number of hydrogen-bond donors (Lipinski definition) is 1. The molecular formula is C14H25NOS. The Morgan fingerprint density at radius 1 is 1.35 bits per heavy atom. The number of ether oxygens (including phenoxy) is 1. The van der Waals surface area contributed by atoms with Crippen molar-refractivity contribution in [3.63, 3.8) is 0 Å². The summed E-state index contributed by atoms with van der Waals surface area (Å²) in [6, 6.07) is 2.51. The largest absolute Gasteiger partial charge is 0.496 e. The second-order valence-electron chi connectivity index (χ2n) is 4.79. The van der Waals surface area contributed by atoms with Crippen LogP contribution >= 0.6 is 11.3 Å². The van der Waals surface area contributed by atoms with Gasteiger partial charge in [0.1, 0.15) is 5.75 Å². The van der Waals surface area contributed by atoms with Gasteiger partial charge in [0.15, 0.2) is 0 Å². The first-order chi connectivity index (χ1) is 8.19. The van der Waals surface area contributed by atoms with E-state index in [9.17, 15) is 0 Å². The zero-order valence-corrected chi connectivity index (χ0v) is 12.3. The van der Waals surface area contributed by atoms with Crippen molar-refractivity contribution in [2.45, 2.75) is 46.1 Å². The van der Waals surface area contributed by atoms with Crippen LogP contribution in [0.25, 0.3) is 0 Å². The topological polar surface area (TPSA) is 21.3 Å². The van der Waals surface area contributed by atoms with E-state index >= 15 is 0 Å². The summed E-state index contributed by atoms with van der Waals surface area (Å²) in [6.45, 7) is 7.74. The van der Waals surface area contributed by atoms with E-state index in [0.717, 1.165) is 18.2 Å². The summed E-state index contributed by atoms with van der Waals surface area (Å²) in [5.74, 6) is 1.83. The zero-order chi connectivity index (χ0) is 12.7. The molecule has 0 spiro atoms. The van der Waals surface area contributed by atoms with Crippen molar-refractivity contribution in [1.82, 2.24) is 5.32 Å². The Balaban J connectivity index is 2.58. The first kappa shape index (κ1) is 14.5. The van der Waals surface area contributed by atoms with Gasteiger partial charge < -0.3 is 10.1 Å². The lowest BCUT2D eigenvalue weighted by Crippen LogP contribution is -2.20. The summed E-state index contributed by atoms with van der Waals surface area (Å²) >= 11 is 1.79. The molecule has 0 amide bonds. The molecule has 0 radical (unpaired) electrons. The summed E-state index contributed by atoms with van der Waals surface area (Å²) < 4.78 is 5.41. The van der Waals surface area contributed by atoms with Crippen molar-refractivity contribution >= 4 is 11.3 Å². The predicted octanol–water partition coefficient (Wildman–Crippen LogP) is 4.23. The average Bonchev–Trinajstić information content (AvgIpc) is 2.75. The molecule has 1 N–H and O–H groups in total. The Labute approximate surface area is 109 Å². The van der Waals surface area contributed by atoms with Gasteiger partial charge >= 0.3 is 0 Å². The van der Waals surface area contributed by atoms with Crippen molar-refractivity contribution in [3.05, 3.63) is 16.3 Å². The molecule has 0 saturated carbocycles. The van der Waals surface area contributed by atoms with Crippen LogP contribution in [0.15, 0.2) is 11.4 Å². The van der Waals surface area contributed by atoms with E-state index in [2.05, 4.69) is 37.5 Å². The highest BCUT2D eigenvalue weighted by molar-refractivity contribution is 7.10. The fourth-order valence-corrected chi connectivity index (χ4v) is 3.01. The number of hydrogen-bond acceptors (Lipinski definition) is 3. The van der Waals surface area contributed by atoms with E-state index in [-0.39, 0.29) is 0 Å². The van der Waals surface area contributed by atoms with Gasteiger partial charge in [-0.25, -0.2) is 0 Å². The number of methoxy groups -OCH3 is 1. The third-order valence-electron chi connectivity index (χ3n) is 2.92. The smallest absolute Gasteiger partial charge is 0.134 e. The van der Waals surface area contributed by atoms with Crippen LogP contribution in [0.1, 0.15) is 51.0 Å². The minimum absolute atomic E-state index is 0.452. The third-order valence-corrected chi connectivity index (χ3v) is 3.93. The summed E-state index contributed by atoms with van der Waals surface area (Å²) in [5, 5.41) is 5.68. The summed E-state index contributed by atoms with van der Waals surface area (Å²) in [6.07, 6.45) is 3.77. The van der Waals surface area contributed by atoms with E-state index < -0.39 is 0 Å². The van der Waals surface area contributed by atoms with E-state index in [1.165, 1.54) is 24.1 Å². The molecule has 0 aliphatic carbocycles. The van der Waals surface area contributed by atoms with Gasteiger partial charge in [0, 0.05) is 6.04 Å². The molecule has 1 rings (SSSR count). The number of thiophene rings is 1. The molecule has 3 heteroatoms. The van der Waals surface area contributed by atoms with Crippen LogP contribution in [-0.2, 0) is 0 Å². The summed E-state index contributed by atoms with van der Waals surface area (Å²) in [5.41, 5.74) is 0. The molecular weight excluding hydrogens is 230 g/mol. The minimum Gasteiger partial charge on any atom is -0.496 e. The van der Waals surface area contributed by atoms with E-state index in [0.29, 0.717) is 6.04 Å². The maximum atomic E-state index is 5.41. The molecule has 0 bridgehead atoms. The normalized spacial score (nSPS) is 13.0. The molecule has 1 aromatic heterocycles. The van der Waals surface area contributed by atoms with E-state index in [1.807, 2.05) is 0 Å². The Kier molecular flexibility index (Phi) is 6.60. The highest BCUT2D eigenvalue weighted by Crippen LogP contribution is 2.33. The van der Waals surface area contributed by atoms with Crippen LogP contribution in [0.2, 0.25) is 0 Å². The van der Waals surface area contributed by atoms with Crippen molar-refractivity contribution in [2.75, 3.05) is 13.7 Å². The Bertz CT molecular complexity index is 309. The maximum absolute atomic E-state index is 5.41. The number of nitrogens with one attached hydrogen (secondary N) is 1. The first-order valence-electron chi connectivity index (χ1n) is 6.53. The summed E-state index contributed by atoms with van der Waals surface area (Å²) in [4.78, 5) is 1.35. The van der Waals surface area contributed by atoms with Crippen LogP contribution in [0.3, 0.4) is 0 Å². The number of rotatable bonds is 8. The molecule has 17 heavy (non-hydrogen) atoms. The van der Waals surface area contributed by atoms with E-state index in [1.54, 1.807) is 18.4 Å². The minimum atomic E-state index is 0.452. The van der Waals surface area contributed by atoms with Gasteiger partial charge in [-0.05, 0) is 30.3 Å². The zero-order valence-electron chi connectivity index (χ0n) is 11.5. The molecule has 0 aliphatic heterocycles. The molecule has 0 fully saturated rings. The highest BCUT2D eigenvalue weighted by Gasteiger charge is 2.16. The molecule has 1 unspecified atom stereocenters. The van der Waals surface area contributed by atoms with Crippen molar-refractivity contribution in [2.24, 2.45) is 5.92 Å². The lowest BCUT2D eigenvalue weighted by Gasteiger charge is -2.18. The van der Waals surface area contributed by atoms with Gasteiger partial charge in [-0.3, -0.25) is 0 Å². The molecule has 0 aliphatic rings. The Morgan fingerprint density at radius 2 is 2.12 bits per heavy atom. The quantitative estimate of drug-likeness (QED) is 0.750. The molecule has 98 valence electrons. The van der Waals surface area contributed by atoms with Gasteiger partial charge in [-0.15, -0.1) is 11.3 Å². The van der Waals surface area contributed by atoms with Crippen LogP contribution in [0, 0.1) is 5.92 Å². The molecule has 1 heterocycles. The van der Waals surface area contributed by atoms with Gasteiger partial charge in [-0.1, -0.05) is 33.6 Å². The first-order valence-corrected chi connectivity index (χ1v) is 7.41. The molecule has 0 saturated heterocycles. The molecule has 2 nitrogen and oxygen atoms in total. The second kappa shape index (κ2) is 7.72. The van der Waals surface area contributed by atoms with Gasteiger partial charge in [0.2, 0.25) is 0 Å². The lowest BCUT2D eigenvalue weighted by atomic mass is 10.0. The van der Waals surface area contributed by atoms with E-state index in [4.69, 9.17) is 4.74 Å². The monoisotopic (exact) mass is 255 g/mol. The lowest BCUT2D eigenvalue weighted by molar-refractivity contribution is 0.395. The van der Waals surface area contributed by atoms with Crippen LogP contribution < -0.4 is 10.1 Å². The standard InChI is InChI=1S/C14H25NOS/c1-5-15-12(8-6-7-11(2)3)14-13(16-4)9-10-17-14/h9-12,15H,5-8H2,1-4H3. The fraction of sp³-hybridized carbons (Fsp3) is 0.714. The third kappa shape index (κ3) is 4.68. The summed E-state index contributed by atoms with van der Waals surface area (Å²) in [7, 11) is 1.75. The van der Waals surface area contributed by atoms with Crippen molar-refractivity contribution < 1.29 is 4.74 Å². The van der Waals surface area contributed by atoms with Crippen LogP contribution in [0.4, 0.5) is 0 Å². The van der Waals surface area contributed by atoms with Crippen molar-refractivity contribution in [1.29, 1.82) is 0 Å². The SMILES string of the molecule is CCNC(CCCC(C)C)c1sccc1OC. The maximum Gasteiger partial charge on any atom is 0.134 e. The van der Waals surface area contributed by atoms with Gasteiger partial charge in [0.25, 0.3) is 0 Å².